The van der Waals surface area contributed by atoms with Crippen LogP contribution >= 0.6 is 0 Å². The minimum Gasteiger partial charge on any atom is -0.357 e. The molecule has 1 aromatic heterocycles. The highest BCUT2D eigenvalue weighted by molar-refractivity contribution is 7.92. The largest absolute Gasteiger partial charge is 0.357 e. The Kier molecular flexibility index (Phi) is 7.86. The molecule has 0 atom stereocenters. The van der Waals surface area contributed by atoms with Crippen LogP contribution in [-0.2, 0) is 23.1 Å². The normalized spacial score (nSPS) is 12.1. The van der Waals surface area contributed by atoms with Crippen LogP contribution in [0.2, 0.25) is 0 Å². The van der Waals surface area contributed by atoms with Crippen LogP contribution < -0.4 is 15.4 Å². The van der Waals surface area contributed by atoms with Crippen molar-refractivity contribution in [2.45, 2.75) is 40.3 Å². The summed E-state index contributed by atoms with van der Waals surface area (Å²) >= 11 is 0. The van der Waals surface area contributed by atoms with Gasteiger partial charge in [-0.3, -0.25) is 9.40 Å². The summed E-state index contributed by atoms with van der Waals surface area (Å²) in [7, 11) is -3.33. The van der Waals surface area contributed by atoms with Gasteiger partial charge in [0.2, 0.25) is 10.0 Å². The Morgan fingerprint density at radius 2 is 1.96 bits per heavy atom. The molecule has 0 bridgehead atoms. The van der Waals surface area contributed by atoms with Gasteiger partial charge < -0.3 is 10.6 Å². The van der Waals surface area contributed by atoms with E-state index in [9.17, 15) is 8.42 Å². The number of hydrogen-bond donors (Lipinski definition) is 3. The average molecular weight is 407 g/mol. The number of aryl methyl sites for hydroxylation is 3. The summed E-state index contributed by atoms with van der Waals surface area (Å²) in [6.07, 6.45) is 2.06. The number of anilines is 1. The molecule has 1 aromatic carbocycles. The second-order valence-corrected chi connectivity index (χ2v) is 8.41. The number of nitrogens with one attached hydrogen (secondary N) is 3. The lowest BCUT2D eigenvalue weighted by molar-refractivity contribution is 0.555. The van der Waals surface area contributed by atoms with Gasteiger partial charge in [-0.2, -0.15) is 5.10 Å². The maximum absolute atomic E-state index is 11.5. The number of para-hydroxylation sites is 1. The van der Waals surface area contributed by atoms with Gasteiger partial charge in [-0.25, -0.2) is 13.4 Å². The van der Waals surface area contributed by atoms with Gasteiger partial charge in [-0.15, -0.1) is 0 Å². The van der Waals surface area contributed by atoms with Gasteiger partial charge in [0.1, 0.15) is 0 Å². The second-order valence-electron chi connectivity index (χ2n) is 6.66. The highest BCUT2D eigenvalue weighted by atomic mass is 32.2. The first kappa shape index (κ1) is 21.7. The Morgan fingerprint density at radius 3 is 2.61 bits per heavy atom. The molecule has 0 amide bonds. The maximum Gasteiger partial charge on any atom is 0.229 e. The van der Waals surface area contributed by atoms with Crippen LogP contribution in [0.25, 0.3) is 0 Å². The molecule has 8 nitrogen and oxygen atoms in total. The number of sulfonamides is 1. The van der Waals surface area contributed by atoms with Crippen LogP contribution in [-0.4, -0.2) is 43.5 Å². The summed E-state index contributed by atoms with van der Waals surface area (Å²) in [6, 6.07) is 9.33. The standard InChI is InChI=1S/C19H30N6O2S/c1-5-20-19(21-11-8-12-25-16(3)13-15(2)23-25)22-14-17-9-6-7-10-18(17)24-28(4,26)27/h6-7,9-10,13,24H,5,8,11-12,14H2,1-4H3,(H2,20,21,22). The van der Waals surface area contributed by atoms with E-state index >= 15 is 0 Å². The average Bonchev–Trinajstić information content (AvgIpc) is 2.93. The van der Waals surface area contributed by atoms with Crippen LogP contribution in [0, 0.1) is 13.8 Å². The first-order valence-electron chi connectivity index (χ1n) is 9.37. The molecule has 154 valence electrons. The number of nitrogens with zero attached hydrogens (tertiary/aromatic N) is 3. The van der Waals surface area contributed by atoms with E-state index in [0.29, 0.717) is 18.2 Å². The van der Waals surface area contributed by atoms with Crippen LogP contribution in [0.4, 0.5) is 5.69 Å². The molecule has 0 radical (unpaired) electrons. The molecule has 0 aliphatic rings. The molecule has 28 heavy (non-hydrogen) atoms. The van der Waals surface area contributed by atoms with Crippen molar-refractivity contribution in [1.29, 1.82) is 0 Å². The Balaban J connectivity index is 1.94. The number of guanidine groups is 1. The zero-order chi connectivity index (χ0) is 20.6. The first-order chi connectivity index (χ1) is 13.3. The quantitative estimate of drug-likeness (QED) is 0.336. The Bertz CT molecular complexity index is 905. The van der Waals surface area contributed by atoms with Crippen LogP contribution in [0.5, 0.6) is 0 Å². The lowest BCUT2D eigenvalue weighted by Gasteiger charge is -2.13. The molecule has 2 rings (SSSR count). The molecule has 0 saturated carbocycles. The predicted octanol–water partition coefficient (Wildman–Crippen LogP) is 2.02. The first-order valence-corrected chi connectivity index (χ1v) is 11.3. The maximum atomic E-state index is 11.5. The number of rotatable bonds is 9. The second kappa shape index (κ2) is 10.1. The fourth-order valence-corrected chi connectivity index (χ4v) is 3.40. The van der Waals surface area contributed by atoms with Crippen molar-refractivity contribution in [2.75, 3.05) is 24.1 Å². The fourth-order valence-electron chi connectivity index (χ4n) is 2.80. The number of aromatic nitrogens is 2. The molecule has 0 unspecified atom stereocenters. The highest BCUT2D eigenvalue weighted by Crippen LogP contribution is 2.17. The van der Waals surface area contributed by atoms with Crippen molar-refractivity contribution in [3.63, 3.8) is 0 Å². The van der Waals surface area contributed by atoms with Crippen molar-refractivity contribution in [3.05, 3.63) is 47.3 Å². The molecular formula is C19H30N6O2S. The van der Waals surface area contributed by atoms with Crippen LogP contribution in [0.15, 0.2) is 35.3 Å². The molecule has 0 aliphatic carbocycles. The number of hydrogen-bond acceptors (Lipinski definition) is 4. The van der Waals surface area contributed by atoms with E-state index in [-0.39, 0.29) is 0 Å². The molecule has 0 saturated heterocycles. The van der Waals surface area contributed by atoms with E-state index in [0.717, 1.165) is 49.3 Å². The molecule has 3 N–H and O–H groups in total. The molecule has 9 heteroatoms. The fraction of sp³-hybridized carbons (Fsp3) is 0.474. The lowest BCUT2D eigenvalue weighted by atomic mass is 10.2. The summed E-state index contributed by atoms with van der Waals surface area (Å²) in [4.78, 5) is 4.58. The highest BCUT2D eigenvalue weighted by Gasteiger charge is 2.07. The molecule has 2 aromatic rings. The van der Waals surface area contributed by atoms with Gasteiger partial charge in [0.15, 0.2) is 5.96 Å². The number of aliphatic imine (C=N–C) groups is 1. The summed E-state index contributed by atoms with van der Waals surface area (Å²) in [5.41, 5.74) is 3.55. The molecule has 0 aliphatic heterocycles. The third-order valence-electron chi connectivity index (χ3n) is 4.01. The van der Waals surface area contributed by atoms with Gasteiger partial charge >= 0.3 is 0 Å². The van der Waals surface area contributed by atoms with Crippen LogP contribution in [0.3, 0.4) is 0 Å². The zero-order valence-electron chi connectivity index (χ0n) is 17.0. The van der Waals surface area contributed by atoms with Crippen molar-refractivity contribution in [2.24, 2.45) is 4.99 Å². The molecule has 0 spiro atoms. The van der Waals surface area contributed by atoms with E-state index < -0.39 is 10.0 Å². The van der Waals surface area contributed by atoms with E-state index in [4.69, 9.17) is 0 Å². The summed E-state index contributed by atoms with van der Waals surface area (Å²) < 4.78 is 27.6. The van der Waals surface area contributed by atoms with Gasteiger partial charge in [0.25, 0.3) is 0 Å². The summed E-state index contributed by atoms with van der Waals surface area (Å²) in [5.74, 6) is 0.699. The number of benzene rings is 1. The van der Waals surface area contributed by atoms with E-state index in [1.807, 2.05) is 30.7 Å². The Hall–Kier alpha value is -2.55. The minimum atomic E-state index is -3.33. The van der Waals surface area contributed by atoms with Gasteiger partial charge in [-0.1, -0.05) is 18.2 Å². The zero-order valence-corrected chi connectivity index (χ0v) is 17.8. The van der Waals surface area contributed by atoms with Crippen LogP contribution in [0.1, 0.15) is 30.3 Å². The predicted molar refractivity (Wildman–Crippen MR) is 114 cm³/mol. The lowest BCUT2D eigenvalue weighted by Crippen LogP contribution is -2.38. The van der Waals surface area contributed by atoms with Gasteiger partial charge in [0, 0.05) is 25.3 Å². The van der Waals surface area contributed by atoms with Crippen molar-refractivity contribution >= 4 is 21.7 Å². The third kappa shape index (κ3) is 7.22. The van der Waals surface area contributed by atoms with E-state index in [1.54, 1.807) is 12.1 Å². The van der Waals surface area contributed by atoms with E-state index in [2.05, 4.69) is 38.4 Å². The third-order valence-corrected chi connectivity index (χ3v) is 4.60. The topological polar surface area (TPSA) is 100 Å². The molecular weight excluding hydrogens is 376 g/mol. The van der Waals surface area contributed by atoms with Gasteiger partial charge in [-0.05, 0) is 44.9 Å². The van der Waals surface area contributed by atoms with E-state index in [1.165, 1.54) is 0 Å². The summed E-state index contributed by atoms with van der Waals surface area (Å²) in [6.45, 7) is 8.76. The Morgan fingerprint density at radius 1 is 1.21 bits per heavy atom. The van der Waals surface area contributed by atoms with Crippen molar-refractivity contribution < 1.29 is 8.42 Å². The molecule has 1 heterocycles. The molecule has 0 fully saturated rings. The summed E-state index contributed by atoms with van der Waals surface area (Å²) in [5, 5.41) is 11.0. The van der Waals surface area contributed by atoms with Gasteiger partial charge in [0.05, 0.1) is 24.2 Å². The Labute approximate surface area is 167 Å². The van der Waals surface area contributed by atoms with Crippen molar-refractivity contribution in [1.82, 2.24) is 20.4 Å². The smallest absolute Gasteiger partial charge is 0.229 e. The SMILES string of the molecule is CCNC(=NCc1ccccc1NS(C)(=O)=O)NCCCn1nc(C)cc1C. The minimum absolute atomic E-state index is 0.367. The van der Waals surface area contributed by atoms with Crippen molar-refractivity contribution in [3.8, 4) is 0 Å². The monoisotopic (exact) mass is 406 g/mol.